The van der Waals surface area contributed by atoms with E-state index < -0.39 is 0 Å². The van der Waals surface area contributed by atoms with E-state index >= 15 is 0 Å². The molecule has 1 rings (SSSR count). The molecule has 2 nitrogen and oxygen atoms in total. The highest BCUT2D eigenvalue weighted by Crippen LogP contribution is 2.25. The molecule has 0 bridgehead atoms. The van der Waals surface area contributed by atoms with Crippen LogP contribution in [0.4, 0.5) is 0 Å². The molecule has 0 aliphatic rings. The van der Waals surface area contributed by atoms with E-state index in [1.54, 1.807) is 0 Å². The van der Waals surface area contributed by atoms with E-state index in [9.17, 15) is 0 Å². The number of hydrogen-bond acceptors (Lipinski definition) is 2. The van der Waals surface area contributed by atoms with Gasteiger partial charge in [-0.15, -0.1) is 0 Å². The van der Waals surface area contributed by atoms with Gasteiger partial charge in [0.1, 0.15) is 12.4 Å². The van der Waals surface area contributed by atoms with Crippen LogP contribution < -0.4 is 10.5 Å². The van der Waals surface area contributed by atoms with E-state index in [1.165, 1.54) is 0 Å². The van der Waals surface area contributed by atoms with Crippen molar-refractivity contribution in [1.29, 1.82) is 0 Å². The first-order chi connectivity index (χ1) is 7.15. The van der Waals surface area contributed by atoms with Crippen molar-refractivity contribution >= 4 is 15.9 Å². The Kier molecular flexibility index (Phi) is 4.85. The van der Waals surface area contributed by atoms with Crippen molar-refractivity contribution < 1.29 is 4.74 Å². The van der Waals surface area contributed by atoms with Gasteiger partial charge >= 0.3 is 0 Å². The second-order valence-electron chi connectivity index (χ2n) is 3.36. The van der Waals surface area contributed by atoms with Gasteiger partial charge in [-0.2, -0.15) is 0 Å². The molecule has 0 saturated carbocycles. The number of para-hydroxylation sites is 1. The van der Waals surface area contributed by atoms with E-state index in [2.05, 4.69) is 29.4 Å². The molecule has 0 aromatic heterocycles. The third-order valence-corrected chi connectivity index (χ3v) is 2.37. The second-order valence-corrected chi connectivity index (χ2v) is 4.48. The third-order valence-electron chi connectivity index (χ3n) is 2.14. The molecule has 0 heterocycles. The number of ether oxygens (including phenoxy) is 1. The summed E-state index contributed by atoms with van der Waals surface area (Å²) in [7, 11) is 0. The summed E-state index contributed by atoms with van der Waals surface area (Å²) in [5, 5.41) is 0. The highest BCUT2D eigenvalue weighted by molar-refractivity contribution is 9.11. The van der Waals surface area contributed by atoms with Crippen molar-refractivity contribution in [3.05, 3.63) is 40.9 Å². The van der Waals surface area contributed by atoms with Gasteiger partial charge in [0.25, 0.3) is 0 Å². The minimum Gasteiger partial charge on any atom is -0.488 e. The molecule has 0 fully saturated rings. The highest BCUT2D eigenvalue weighted by atomic mass is 79.9. The van der Waals surface area contributed by atoms with Crippen LogP contribution in [0.5, 0.6) is 5.75 Å². The van der Waals surface area contributed by atoms with Crippen molar-refractivity contribution in [2.75, 3.05) is 6.61 Å². The predicted molar refractivity (Wildman–Crippen MR) is 67.2 cm³/mol. The number of nitrogens with two attached hydrogens (primary N) is 1. The largest absolute Gasteiger partial charge is 0.488 e. The van der Waals surface area contributed by atoms with E-state index in [1.807, 2.05) is 24.3 Å². The molecular weight excluding hydrogens is 254 g/mol. The van der Waals surface area contributed by atoms with Gasteiger partial charge in [0, 0.05) is 16.1 Å². The Morgan fingerprint density at radius 3 is 2.80 bits per heavy atom. The highest BCUT2D eigenvalue weighted by Gasteiger charge is 2.09. The first-order valence-electron chi connectivity index (χ1n) is 4.95. The molecule has 0 amide bonds. The number of rotatable bonds is 5. The molecule has 0 unspecified atom stereocenters. The quantitative estimate of drug-likeness (QED) is 0.890. The maximum Gasteiger partial charge on any atom is 0.124 e. The van der Waals surface area contributed by atoms with E-state index in [4.69, 9.17) is 10.5 Å². The fourth-order valence-corrected chi connectivity index (χ4v) is 1.41. The molecule has 15 heavy (non-hydrogen) atoms. The summed E-state index contributed by atoms with van der Waals surface area (Å²) >= 11 is 3.26. The number of benzene rings is 1. The van der Waals surface area contributed by atoms with Crippen molar-refractivity contribution in [3.8, 4) is 5.75 Å². The van der Waals surface area contributed by atoms with Gasteiger partial charge in [0.05, 0.1) is 0 Å². The Hall–Kier alpha value is -0.800. The van der Waals surface area contributed by atoms with Crippen LogP contribution in [-0.2, 0) is 0 Å². The fraction of sp³-hybridized carbons (Fsp3) is 0.333. The van der Waals surface area contributed by atoms with Crippen LogP contribution in [0.2, 0.25) is 0 Å². The van der Waals surface area contributed by atoms with E-state index in [-0.39, 0.29) is 6.04 Å². The van der Waals surface area contributed by atoms with Gasteiger partial charge in [-0.1, -0.05) is 47.6 Å². The smallest absolute Gasteiger partial charge is 0.124 e. The predicted octanol–water partition coefficient (Wildman–Crippen LogP) is 3.38. The lowest BCUT2D eigenvalue weighted by Gasteiger charge is -2.15. The van der Waals surface area contributed by atoms with Crippen LogP contribution in [0.1, 0.15) is 24.9 Å². The van der Waals surface area contributed by atoms with Crippen LogP contribution in [-0.4, -0.2) is 6.61 Å². The fourth-order valence-electron chi connectivity index (χ4n) is 1.29. The lowest BCUT2D eigenvalue weighted by atomic mass is 10.0. The zero-order valence-electron chi connectivity index (χ0n) is 8.87. The van der Waals surface area contributed by atoms with Crippen LogP contribution in [0, 0.1) is 0 Å². The van der Waals surface area contributed by atoms with Gasteiger partial charge in [-0.05, 0) is 12.5 Å². The molecule has 2 N–H and O–H groups in total. The maximum absolute atomic E-state index is 5.99. The Labute approximate surface area is 99.3 Å². The van der Waals surface area contributed by atoms with Crippen LogP contribution in [0.25, 0.3) is 0 Å². The Bertz CT molecular complexity index is 338. The molecule has 1 atom stereocenters. The zero-order valence-corrected chi connectivity index (χ0v) is 10.5. The van der Waals surface area contributed by atoms with Crippen LogP contribution in [0.3, 0.4) is 0 Å². The average Bonchev–Trinajstić information content (AvgIpc) is 2.25. The monoisotopic (exact) mass is 269 g/mol. The molecule has 1 aromatic rings. The number of hydrogen-bond donors (Lipinski definition) is 1. The van der Waals surface area contributed by atoms with Crippen molar-refractivity contribution in [2.24, 2.45) is 5.73 Å². The lowest BCUT2D eigenvalue weighted by molar-refractivity contribution is 0.353. The molecule has 0 saturated heterocycles. The molecule has 1 aromatic carbocycles. The van der Waals surface area contributed by atoms with Gasteiger partial charge < -0.3 is 10.5 Å². The molecular formula is C12H16BrNO. The lowest BCUT2D eigenvalue weighted by Crippen LogP contribution is -2.11. The normalized spacial score (nSPS) is 12.2. The van der Waals surface area contributed by atoms with E-state index in [0.717, 1.165) is 22.2 Å². The van der Waals surface area contributed by atoms with Gasteiger partial charge in [-0.3, -0.25) is 0 Å². The first-order valence-corrected chi connectivity index (χ1v) is 5.75. The van der Waals surface area contributed by atoms with Crippen LogP contribution in [0.15, 0.2) is 35.3 Å². The third kappa shape index (κ3) is 3.68. The van der Waals surface area contributed by atoms with Gasteiger partial charge in [0.2, 0.25) is 0 Å². The average molecular weight is 270 g/mol. The Morgan fingerprint density at radius 1 is 1.53 bits per heavy atom. The minimum absolute atomic E-state index is 0.0322. The molecule has 0 spiro atoms. The summed E-state index contributed by atoms with van der Waals surface area (Å²) in [6.07, 6.45) is 0.898. The van der Waals surface area contributed by atoms with E-state index in [0.29, 0.717) is 6.61 Å². The maximum atomic E-state index is 5.99. The Morgan fingerprint density at radius 2 is 2.20 bits per heavy atom. The molecule has 0 aliphatic carbocycles. The Balaban J connectivity index is 2.81. The van der Waals surface area contributed by atoms with Crippen molar-refractivity contribution in [2.45, 2.75) is 19.4 Å². The molecule has 82 valence electrons. The summed E-state index contributed by atoms with van der Waals surface area (Å²) < 4.78 is 6.42. The standard InChI is InChI=1S/C12H16BrNO/c1-3-11(14)10-6-4-5-7-12(10)15-8-9(2)13/h4-7,11H,2-3,8,14H2,1H3/t11-/m1/s1. The van der Waals surface area contributed by atoms with Crippen molar-refractivity contribution in [1.82, 2.24) is 0 Å². The topological polar surface area (TPSA) is 35.2 Å². The minimum atomic E-state index is 0.0322. The molecule has 0 aliphatic heterocycles. The number of halogens is 1. The van der Waals surface area contributed by atoms with Crippen molar-refractivity contribution in [3.63, 3.8) is 0 Å². The first kappa shape index (κ1) is 12.3. The SMILES string of the molecule is C=C(Br)COc1ccccc1[C@H](N)CC. The summed E-state index contributed by atoms with van der Waals surface area (Å²) in [5.41, 5.74) is 7.04. The summed E-state index contributed by atoms with van der Waals surface area (Å²) in [6.45, 7) is 6.25. The summed E-state index contributed by atoms with van der Waals surface area (Å²) in [4.78, 5) is 0. The summed E-state index contributed by atoms with van der Waals surface area (Å²) in [6, 6.07) is 7.88. The zero-order chi connectivity index (χ0) is 11.3. The summed E-state index contributed by atoms with van der Waals surface area (Å²) in [5.74, 6) is 0.840. The molecule has 0 radical (unpaired) electrons. The second kappa shape index (κ2) is 5.93. The van der Waals surface area contributed by atoms with Crippen LogP contribution >= 0.6 is 15.9 Å². The van der Waals surface area contributed by atoms with Gasteiger partial charge in [-0.25, -0.2) is 0 Å². The molecule has 3 heteroatoms. The van der Waals surface area contributed by atoms with Gasteiger partial charge in [0.15, 0.2) is 0 Å².